The van der Waals surface area contributed by atoms with E-state index in [0.29, 0.717) is 23.0 Å². The number of H-pyrrole nitrogens is 1. The van der Waals surface area contributed by atoms with Crippen molar-refractivity contribution < 1.29 is 18.3 Å². The Morgan fingerprint density at radius 1 is 1.05 bits per heavy atom. The molecule has 2 N–H and O–H groups in total. The van der Waals surface area contributed by atoms with Crippen LogP contribution in [0.15, 0.2) is 30.3 Å². The summed E-state index contributed by atoms with van der Waals surface area (Å²) in [6, 6.07) is 6.97. The van der Waals surface area contributed by atoms with E-state index in [1.54, 1.807) is 12.1 Å². The van der Waals surface area contributed by atoms with Crippen LogP contribution in [0.5, 0.6) is 11.5 Å². The molecule has 1 aliphatic heterocycles. The Kier molecular flexibility index (Phi) is 2.85. The largest absolute Gasteiger partial charge is 0.454 e. The third kappa shape index (κ3) is 2.30. The van der Waals surface area contributed by atoms with Crippen molar-refractivity contribution in [1.82, 2.24) is 9.97 Å². The number of benzene rings is 2. The second-order valence-corrected chi connectivity index (χ2v) is 4.94. The quantitative estimate of drug-likeness (QED) is 0.780. The minimum Gasteiger partial charge on any atom is -0.454 e. The van der Waals surface area contributed by atoms with Crippen LogP contribution in [0, 0.1) is 11.6 Å². The molecule has 0 atom stereocenters. The number of nitrogens with zero attached hydrogens (tertiary/aromatic N) is 1. The molecular weight excluding hydrogens is 292 g/mol. The fraction of sp³-hybridized carbons (Fsp3) is 0.133. The van der Waals surface area contributed by atoms with Crippen molar-refractivity contribution in [2.75, 3.05) is 12.1 Å². The Bertz CT molecular complexity index is 802. The van der Waals surface area contributed by atoms with E-state index in [-0.39, 0.29) is 13.3 Å². The lowest BCUT2D eigenvalue weighted by Gasteiger charge is -2.03. The number of aromatic nitrogens is 2. The topological polar surface area (TPSA) is 59.2 Å². The van der Waals surface area contributed by atoms with Gasteiger partial charge in [-0.2, -0.15) is 0 Å². The van der Waals surface area contributed by atoms with Gasteiger partial charge in [0.05, 0.1) is 11.0 Å². The van der Waals surface area contributed by atoms with Crippen LogP contribution in [-0.2, 0) is 6.54 Å². The predicted molar refractivity (Wildman–Crippen MR) is 75.9 cm³/mol. The number of anilines is 1. The van der Waals surface area contributed by atoms with Crippen LogP contribution < -0.4 is 14.8 Å². The number of halogens is 2. The van der Waals surface area contributed by atoms with Crippen LogP contribution in [-0.4, -0.2) is 16.8 Å². The summed E-state index contributed by atoms with van der Waals surface area (Å²) in [4.78, 5) is 7.44. The van der Waals surface area contributed by atoms with Gasteiger partial charge in [0.15, 0.2) is 11.5 Å². The highest BCUT2D eigenvalue weighted by Gasteiger charge is 2.16. The molecule has 7 heteroatoms. The Morgan fingerprint density at radius 2 is 1.77 bits per heavy atom. The van der Waals surface area contributed by atoms with Gasteiger partial charge in [0.1, 0.15) is 11.6 Å². The highest BCUT2D eigenvalue weighted by molar-refractivity contribution is 5.81. The summed E-state index contributed by atoms with van der Waals surface area (Å²) in [6.45, 7) is 0.458. The Hall–Kier alpha value is -2.83. The molecule has 3 aromatic rings. The second kappa shape index (κ2) is 4.87. The van der Waals surface area contributed by atoms with Crippen molar-refractivity contribution in [2.45, 2.75) is 6.54 Å². The molecule has 0 saturated heterocycles. The van der Waals surface area contributed by atoms with Crippen LogP contribution in [0.3, 0.4) is 0 Å². The Balaban J connectivity index is 1.57. The number of fused-ring (bicyclic) bond motifs is 2. The molecule has 0 spiro atoms. The van der Waals surface area contributed by atoms with E-state index < -0.39 is 11.6 Å². The highest BCUT2D eigenvalue weighted by Crippen LogP contribution is 2.35. The molecule has 0 fully saturated rings. The van der Waals surface area contributed by atoms with Crippen LogP contribution in [0.4, 0.5) is 14.7 Å². The maximum Gasteiger partial charge on any atom is 0.231 e. The zero-order valence-corrected chi connectivity index (χ0v) is 11.3. The van der Waals surface area contributed by atoms with Gasteiger partial charge in [0.25, 0.3) is 0 Å². The Morgan fingerprint density at radius 3 is 2.55 bits per heavy atom. The lowest BCUT2D eigenvalue weighted by atomic mass is 10.2. The lowest BCUT2D eigenvalue weighted by molar-refractivity contribution is 0.174. The van der Waals surface area contributed by atoms with E-state index in [9.17, 15) is 8.78 Å². The van der Waals surface area contributed by atoms with Gasteiger partial charge in [-0.15, -0.1) is 0 Å². The van der Waals surface area contributed by atoms with Crippen molar-refractivity contribution in [3.8, 4) is 11.5 Å². The second-order valence-electron chi connectivity index (χ2n) is 4.94. The van der Waals surface area contributed by atoms with E-state index in [0.717, 1.165) is 17.1 Å². The monoisotopic (exact) mass is 303 g/mol. The Labute approximate surface area is 123 Å². The predicted octanol–water partition coefficient (Wildman–Crippen LogP) is 3.18. The molecule has 0 unspecified atom stereocenters. The third-order valence-corrected chi connectivity index (χ3v) is 3.36. The lowest BCUT2D eigenvalue weighted by Crippen LogP contribution is -2.01. The number of ether oxygens (including phenoxy) is 2. The third-order valence-electron chi connectivity index (χ3n) is 3.36. The number of nitrogens with one attached hydrogen (secondary N) is 2. The first kappa shape index (κ1) is 12.9. The van der Waals surface area contributed by atoms with Gasteiger partial charge in [-0.05, 0) is 17.7 Å². The molecule has 2 aromatic carbocycles. The number of hydrogen-bond acceptors (Lipinski definition) is 4. The zero-order chi connectivity index (χ0) is 15.1. The van der Waals surface area contributed by atoms with Crippen LogP contribution in [0.25, 0.3) is 11.0 Å². The highest BCUT2D eigenvalue weighted by atomic mass is 19.1. The van der Waals surface area contributed by atoms with Crippen molar-refractivity contribution in [3.63, 3.8) is 0 Å². The number of imidazole rings is 1. The first-order valence-corrected chi connectivity index (χ1v) is 6.65. The molecule has 0 amide bonds. The van der Waals surface area contributed by atoms with E-state index in [1.165, 1.54) is 12.1 Å². The first-order chi connectivity index (χ1) is 10.7. The molecule has 0 aliphatic carbocycles. The summed E-state index contributed by atoms with van der Waals surface area (Å²) in [5.41, 5.74) is 2.00. The van der Waals surface area contributed by atoms with Gasteiger partial charge in [-0.25, -0.2) is 13.8 Å². The van der Waals surface area contributed by atoms with Gasteiger partial charge < -0.3 is 19.8 Å². The maximum absolute atomic E-state index is 13.1. The van der Waals surface area contributed by atoms with Crippen molar-refractivity contribution in [2.24, 2.45) is 0 Å². The van der Waals surface area contributed by atoms with Gasteiger partial charge in [0.2, 0.25) is 12.7 Å². The smallest absolute Gasteiger partial charge is 0.231 e. The minimum absolute atomic E-state index is 0.207. The maximum atomic E-state index is 13.1. The summed E-state index contributed by atoms with van der Waals surface area (Å²) < 4.78 is 36.9. The van der Waals surface area contributed by atoms with Crippen LogP contribution >= 0.6 is 0 Å². The average molecular weight is 303 g/mol. The summed E-state index contributed by atoms with van der Waals surface area (Å²) in [5, 5.41) is 3.00. The van der Waals surface area contributed by atoms with Gasteiger partial charge >= 0.3 is 0 Å². The van der Waals surface area contributed by atoms with Crippen molar-refractivity contribution in [1.29, 1.82) is 0 Å². The van der Waals surface area contributed by atoms with Crippen LogP contribution in [0.2, 0.25) is 0 Å². The SMILES string of the molecule is Fc1cc(F)cc(CNc2nc3cc4c(cc3[nH]2)OCO4)c1. The molecule has 0 bridgehead atoms. The van der Waals surface area contributed by atoms with Crippen molar-refractivity contribution >= 4 is 17.0 Å². The summed E-state index contributed by atoms with van der Waals surface area (Å²) in [7, 11) is 0. The number of rotatable bonds is 3. The number of aromatic amines is 1. The zero-order valence-electron chi connectivity index (χ0n) is 11.3. The fourth-order valence-corrected chi connectivity index (χ4v) is 2.38. The van der Waals surface area contributed by atoms with Crippen molar-refractivity contribution in [3.05, 3.63) is 47.5 Å². The van der Waals surface area contributed by atoms with Gasteiger partial charge in [-0.1, -0.05) is 0 Å². The van der Waals surface area contributed by atoms with E-state index >= 15 is 0 Å². The molecule has 1 aromatic heterocycles. The number of hydrogen-bond donors (Lipinski definition) is 2. The van der Waals surface area contributed by atoms with Crippen LogP contribution in [0.1, 0.15) is 5.56 Å². The van der Waals surface area contributed by atoms with Gasteiger partial charge in [0, 0.05) is 24.7 Å². The molecular formula is C15H11F2N3O2. The molecule has 112 valence electrons. The standard InChI is InChI=1S/C15H11F2N3O2/c16-9-1-8(2-10(17)3-9)6-18-15-19-11-4-13-14(22-7-21-13)5-12(11)20-15/h1-5H,6-7H2,(H2,18,19,20). The molecule has 22 heavy (non-hydrogen) atoms. The van der Waals surface area contributed by atoms with E-state index in [2.05, 4.69) is 15.3 Å². The molecule has 1 aliphatic rings. The summed E-state index contributed by atoms with van der Waals surface area (Å²) in [6.07, 6.45) is 0. The normalized spacial score (nSPS) is 12.8. The van der Waals surface area contributed by atoms with Gasteiger partial charge in [-0.3, -0.25) is 0 Å². The fourth-order valence-electron chi connectivity index (χ4n) is 2.38. The molecule has 2 heterocycles. The van der Waals surface area contributed by atoms with E-state index in [4.69, 9.17) is 9.47 Å². The molecule has 0 saturated carbocycles. The minimum atomic E-state index is -0.605. The van der Waals surface area contributed by atoms with E-state index in [1.807, 2.05) is 0 Å². The summed E-state index contributed by atoms with van der Waals surface area (Å²) >= 11 is 0. The molecule has 0 radical (unpaired) electrons. The molecule has 4 rings (SSSR count). The molecule has 5 nitrogen and oxygen atoms in total. The summed E-state index contributed by atoms with van der Waals surface area (Å²) in [5.74, 6) is 0.607. The average Bonchev–Trinajstić information content (AvgIpc) is 3.06. The first-order valence-electron chi connectivity index (χ1n) is 6.65.